The molecule has 0 saturated carbocycles. The number of carbonyl (C=O) groups is 1. The van der Waals surface area contributed by atoms with Crippen LogP contribution in [0.3, 0.4) is 0 Å². The van der Waals surface area contributed by atoms with Gasteiger partial charge in [-0.1, -0.05) is 30.3 Å². The van der Waals surface area contributed by atoms with Crippen molar-refractivity contribution >= 4 is 17.4 Å². The zero-order valence-corrected chi connectivity index (χ0v) is 10.9. The fraction of sp³-hybridized carbons (Fsp3) is 0.0714. The van der Waals surface area contributed by atoms with Crippen molar-refractivity contribution in [1.29, 1.82) is 0 Å². The molecule has 0 bridgehead atoms. The summed E-state index contributed by atoms with van der Waals surface area (Å²) in [5.41, 5.74) is 4.08. The predicted octanol–water partition coefficient (Wildman–Crippen LogP) is 2.33. The second-order valence-electron chi connectivity index (χ2n) is 4.55. The predicted molar refractivity (Wildman–Crippen MR) is 76.4 cm³/mol. The minimum absolute atomic E-state index is 0.0124. The topological polar surface area (TPSA) is 87.5 Å². The van der Waals surface area contributed by atoms with Crippen molar-refractivity contribution in [2.45, 2.75) is 6.17 Å². The highest BCUT2D eigenvalue weighted by molar-refractivity contribution is 5.80. The van der Waals surface area contributed by atoms with Crippen LogP contribution in [0.4, 0.5) is 16.2 Å². The third kappa shape index (κ3) is 2.48. The van der Waals surface area contributed by atoms with Gasteiger partial charge >= 0.3 is 6.03 Å². The van der Waals surface area contributed by atoms with E-state index in [4.69, 9.17) is 0 Å². The molecule has 1 atom stereocenters. The molecule has 2 aromatic carbocycles. The lowest BCUT2D eigenvalue weighted by molar-refractivity contribution is -0.384. The Kier molecular flexibility index (Phi) is 3.15. The van der Waals surface area contributed by atoms with Gasteiger partial charge in [-0.15, -0.1) is 0 Å². The van der Waals surface area contributed by atoms with Crippen LogP contribution in [-0.2, 0) is 0 Å². The van der Waals surface area contributed by atoms with Gasteiger partial charge in [0.05, 0.1) is 10.6 Å². The van der Waals surface area contributed by atoms with Crippen molar-refractivity contribution < 1.29 is 9.72 Å². The Morgan fingerprint density at radius 1 is 1.10 bits per heavy atom. The van der Waals surface area contributed by atoms with Crippen LogP contribution >= 0.6 is 0 Å². The van der Waals surface area contributed by atoms with Crippen LogP contribution in [0.15, 0.2) is 54.6 Å². The van der Waals surface area contributed by atoms with Crippen molar-refractivity contribution in [1.82, 2.24) is 10.7 Å². The van der Waals surface area contributed by atoms with Gasteiger partial charge in [0.1, 0.15) is 6.17 Å². The van der Waals surface area contributed by atoms with Crippen LogP contribution in [0.1, 0.15) is 11.7 Å². The first-order chi connectivity index (χ1) is 10.1. The van der Waals surface area contributed by atoms with Crippen molar-refractivity contribution in [3.8, 4) is 0 Å². The molecule has 1 heterocycles. The molecule has 1 unspecified atom stereocenters. The van der Waals surface area contributed by atoms with E-state index in [1.807, 2.05) is 30.3 Å². The lowest BCUT2D eigenvalue weighted by atomic mass is 10.1. The van der Waals surface area contributed by atoms with Gasteiger partial charge in [0.2, 0.25) is 0 Å². The van der Waals surface area contributed by atoms with Crippen LogP contribution in [-0.4, -0.2) is 11.0 Å². The zero-order valence-electron chi connectivity index (χ0n) is 10.9. The van der Waals surface area contributed by atoms with Gasteiger partial charge in [-0.3, -0.25) is 15.1 Å². The summed E-state index contributed by atoms with van der Waals surface area (Å²) < 4.78 is 0. The molecule has 1 fully saturated rings. The molecule has 3 rings (SSSR count). The summed E-state index contributed by atoms with van der Waals surface area (Å²) in [6.45, 7) is 0. The zero-order chi connectivity index (χ0) is 14.8. The monoisotopic (exact) mass is 284 g/mol. The number of hydrazine groups is 1. The Balaban J connectivity index is 1.98. The Hall–Kier alpha value is -3.09. The van der Waals surface area contributed by atoms with Crippen LogP contribution in [0.25, 0.3) is 0 Å². The minimum Gasteiger partial charge on any atom is -0.311 e. The van der Waals surface area contributed by atoms with Crippen molar-refractivity contribution in [2.75, 3.05) is 5.01 Å². The quantitative estimate of drug-likeness (QED) is 0.669. The summed E-state index contributed by atoms with van der Waals surface area (Å²) in [5, 5.41) is 15.3. The van der Waals surface area contributed by atoms with E-state index >= 15 is 0 Å². The lowest BCUT2D eigenvalue weighted by Gasteiger charge is -2.24. The van der Waals surface area contributed by atoms with Crippen molar-refractivity contribution in [3.63, 3.8) is 0 Å². The van der Waals surface area contributed by atoms with E-state index in [0.29, 0.717) is 5.56 Å². The van der Waals surface area contributed by atoms with E-state index in [2.05, 4.69) is 10.7 Å². The fourth-order valence-corrected chi connectivity index (χ4v) is 2.24. The average Bonchev–Trinajstić information content (AvgIpc) is 2.90. The highest BCUT2D eigenvalue weighted by Gasteiger charge is 2.31. The summed E-state index contributed by atoms with van der Waals surface area (Å²) in [7, 11) is 0. The maximum atomic E-state index is 11.6. The molecule has 1 saturated heterocycles. The third-order valence-corrected chi connectivity index (χ3v) is 3.18. The number of nitro groups is 1. The number of benzene rings is 2. The van der Waals surface area contributed by atoms with Gasteiger partial charge in [0.15, 0.2) is 0 Å². The molecule has 0 aliphatic carbocycles. The molecule has 7 nitrogen and oxygen atoms in total. The molecule has 1 aliphatic rings. The standard InChI is InChI=1S/C14H12N4O3/c19-14-15-13(10-5-4-8-12(9-10)18(20)21)17(16-14)11-6-2-1-3-7-11/h1-9,13H,(H2,15,16,19). The summed E-state index contributed by atoms with van der Waals surface area (Å²) in [5.74, 6) is 0. The molecule has 106 valence electrons. The number of urea groups is 1. The number of amides is 2. The summed E-state index contributed by atoms with van der Waals surface area (Å²) >= 11 is 0. The van der Waals surface area contributed by atoms with Gasteiger partial charge < -0.3 is 5.32 Å². The molecule has 7 heteroatoms. The van der Waals surface area contributed by atoms with Crippen LogP contribution in [0, 0.1) is 10.1 Å². The largest absolute Gasteiger partial charge is 0.335 e. The Labute approximate surface area is 120 Å². The number of para-hydroxylation sites is 1. The third-order valence-electron chi connectivity index (χ3n) is 3.18. The maximum Gasteiger partial charge on any atom is 0.335 e. The number of nitro benzene ring substituents is 1. The Bertz CT molecular complexity index is 690. The van der Waals surface area contributed by atoms with E-state index in [-0.39, 0.29) is 11.7 Å². The first-order valence-corrected chi connectivity index (χ1v) is 6.31. The number of non-ortho nitro benzene ring substituents is 1. The molecule has 0 aromatic heterocycles. The van der Waals surface area contributed by atoms with Gasteiger partial charge in [-0.25, -0.2) is 10.2 Å². The molecule has 2 aromatic rings. The highest BCUT2D eigenvalue weighted by Crippen LogP contribution is 2.28. The second-order valence-corrected chi connectivity index (χ2v) is 4.55. The lowest BCUT2D eigenvalue weighted by Crippen LogP contribution is -2.34. The Morgan fingerprint density at radius 3 is 2.57 bits per heavy atom. The van der Waals surface area contributed by atoms with Gasteiger partial charge in [-0.05, 0) is 12.1 Å². The van der Waals surface area contributed by atoms with Crippen LogP contribution < -0.4 is 15.8 Å². The van der Waals surface area contributed by atoms with E-state index in [1.165, 1.54) is 12.1 Å². The first kappa shape index (κ1) is 12.9. The van der Waals surface area contributed by atoms with Gasteiger partial charge in [0, 0.05) is 17.7 Å². The molecular weight excluding hydrogens is 272 g/mol. The number of hydrogen-bond donors (Lipinski definition) is 2. The molecule has 0 spiro atoms. The Morgan fingerprint density at radius 2 is 1.86 bits per heavy atom. The van der Waals surface area contributed by atoms with Crippen molar-refractivity contribution in [2.24, 2.45) is 0 Å². The smallest absolute Gasteiger partial charge is 0.311 e. The summed E-state index contributed by atoms with van der Waals surface area (Å²) in [4.78, 5) is 22.0. The molecule has 1 aliphatic heterocycles. The van der Waals surface area contributed by atoms with Gasteiger partial charge in [0.25, 0.3) is 5.69 Å². The number of nitrogens with zero attached hydrogens (tertiary/aromatic N) is 2. The number of carbonyl (C=O) groups excluding carboxylic acids is 1. The van der Waals surface area contributed by atoms with E-state index in [9.17, 15) is 14.9 Å². The van der Waals surface area contributed by atoms with Crippen LogP contribution in [0.2, 0.25) is 0 Å². The molecular formula is C14H12N4O3. The van der Waals surface area contributed by atoms with Gasteiger partial charge in [-0.2, -0.15) is 0 Å². The highest BCUT2D eigenvalue weighted by atomic mass is 16.6. The maximum absolute atomic E-state index is 11.6. The normalized spacial score (nSPS) is 17.2. The minimum atomic E-state index is -0.500. The molecule has 21 heavy (non-hydrogen) atoms. The first-order valence-electron chi connectivity index (χ1n) is 6.31. The number of rotatable bonds is 3. The van der Waals surface area contributed by atoms with Crippen LogP contribution in [0.5, 0.6) is 0 Å². The number of anilines is 1. The fourth-order valence-electron chi connectivity index (χ4n) is 2.24. The average molecular weight is 284 g/mol. The number of nitrogens with one attached hydrogen (secondary N) is 2. The summed E-state index contributed by atoms with van der Waals surface area (Å²) in [6.07, 6.45) is -0.500. The van der Waals surface area contributed by atoms with Crippen molar-refractivity contribution in [3.05, 3.63) is 70.3 Å². The molecule has 0 radical (unpaired) electrons. The summed E-state index contributed by atoms with van der Waals surface area (Å²) in [6, 6.07) is 15.1. The van der Waals surface area contributed by atoms with E-state index in [1.54, 1.807) is 17.1 Å². The molecule has 2 amide bonds. The molecule has 2 N–H and O–H groups in total. The SMILES string of the molecule is O=C1NC(c2cccc([N+](=O)[O-])c2)N(c2ccccc2)N1. The number of hydrogen-bond acceptors (Lipinski definition) is 4. The second kappa shape index (κ2) is 5.12. The van der Waals surface area contributed by atoms with E-state index in [0.717, 1.165) is 5.69 Å². The van der Waals surface area contributed by atoms with E-state index < -0.39 is 11.1 Å².